The van der Waals surface area contributed by atoms with Gasteiger partial charge in [-0.1, -0.05) is 47.5 Å². The van der Waals surface area contributed by atoms with Crippen LogP contribution in [0.5, 0.6) is 5.75 Å². The van der Waals surface area contributed by atoms with Crippen molar-refractivity contribution in [1.29, 1.82) is 0 Å². The molecule has 2 aromatic carbocycles. The van der Waals surface area contributed by atoms with Crippen molar-refractivity contribution in [2.45, 2.75) is 18.1 Å². The molecule has 6 atom stereocenters. The Hall–Kier alpha value is -3.37. The number of amides is 1. The second-order valence-corrected chi connectivity index (χ2v) is 10.3. The van der Waals surface area contributed by atoms with Gasteiger partial charge in [0, 0.05) is 18.3 Å². The fourth-order valence-electron chi connectivity index (χ4n) is 5.81. The van der Waals surface area contributed by atoms with E-state index in [1.807, 2.05) is 0 Å². The zero-order valence-electron chi connectivity index (χ0n) is 18.9. The Morgan fingerprint density at radius 1 is 1.05 bits per heavy atom. The number of aromatic hydroxyl groups is 1. The van der Waals surface area contributed by atoms with Crippen LogP contribution in [0.25, 0.3) is 11.6 Å². The maximum absolute atomic E-state index is 13.8. The Morgan fingerprint density at radius 3 is 2.41 bits per heavy atom. The molecule has 9 nitrogen and oxygen atoms in total. The summed E-state index contributed by atoms with van der Waals surface area (Å²) >= 11 is 12.2. The molecule has 11 heteroatoms. The number of ketones is 4. The molecule has 0 bridgehead atoms. The third-order valence-electron chi connectivity index (χ3n) is 7.51. The number of carbonyl (C=O) groups excluding carboxylic acids is 5. The SMILES string of the molecule is NC(=O)C1C(=O)C[C@@H]2[C@@H](O)[C@@H]3C(=Cc4ccc(Cl)c(Cl)c4)c4cccc(O)c4C(=O)C3C(=O)[C@]2(O)C1=O. The molecule has 190 valence electrons. The Kier molecular flexibility index (Phi) is 5.87. The summed E-state index contributed by atoms with van der Waals surface area (Å²) in [5.41, 5.74) is 2.90. The number of benzene rings is 2. The van der Waals surface area contributed by atoms with Gasteiger partial charge in [0.2, 0.25) is 5.91 Å². The lowest BCUT2D eigenvalue weighted by atomic mass is 9.51. The van der Waals surface area contributed by atoms with Crippen molar-refractivity contribution in [1.82, 2.24) is 0 Å². The third kappa shape index (κ3) is 3.49. The van der Waals surface area contributed by atoms with E-state index in [0.717, 1.165) is 0 Å². The molecule has 3 aliphatic carbocycles. The van der Waals surface area contributed by atoms with Gasteiger partial charge in [-0.05, 0) is 34.9 Å². The molecular weight excluding hydrogens is 525 g/mol. The molecule has 0 heterocycles. The summed E-state index contributed by atoms with van der Waals surface area (Å²) in [5.74, 6) is -13.2. The maximum atomic E-state index is 13.8. The van der Waals surface area contributed by atoms with Gasteiger partial charge < -0.3 is 21.1 Å². The van der Waals surface area contributed by atoms with E-state index in [1.165, 1.54) is 30.3 Å². The number of nitrogens with two attached hydrogens (primary N) is 1. The Balaban J connectivity index is 1.75. The zero-order chi connectivity index (χ0) is 27.0. The van der Waals surface area contributed by atoms with Crippen molar-refractivity contribution in [3.63, 3.8) is 0 Å². The normalized spacial score (nSPS) is 32.1. The molecule has 2 fully saturated rings. The number of fused-ring (bicyclic) bond motifs is 3. The first-order valence-corrected chi connectivity index (χ1v) is 12.0. The number of rotatable bonds is 2. The summed E-state index contributed by atoms with van der Waals surface area (Å²) in [6.07, 6.45) is -0.875. The van der Waals surface area contributed by atoms with Gasteiger partial charge in [-0.3, -0.25) is 24.0 Å². The van der Waals surface area contributed by atoms with Crippen molar-refractivity contribution in [2.75, 3.05) is 0 Å². The number of aliphatic hydroxyl groups excluding tert-OH is 1. The largest absolute Gasteiger partial charge is 0.507 e. The van der Waals surface area contributed by atoms with Crippen LogP contribution in [-0.4, -0.2) is 56.1 Å². The summed E-state index contributed by atoms with van der Waals surface area (Å²) in [6.45, 7) is 0. The number of phenols is 1. The molecule has 5 N–H and O–H groups in total. The van der Waals surface area contributed by atoms with Crippen molar-refractivity contribution < 1.29 is 39.3 Å². The number of hydrogen-bond donors (Lipinski definition) is 4. The van der Waals surface area contributed by atoms with Gasteiger partial charge in [0.25, 0.3) is 0 Å². The lowest BCUT2D eigenvalue weighted by molar-refractivity contribution is -0.185. The first-order valence-electron chi connectivity index (χ1n) is 11.2. The molecular formula is C26H19Cl2NO8. The van der Waals surface area contributed by atoms with Crippen LogP contribution < -0.4 is 5.73 Å². The van der Waals surface area contributed by atoms with E-state index < -0.39 is 76.6 Å². The Bertz CT molecular complexity index is 1470. The number of Topliss-reactive ketones (excluding diaryl/α,β-unsaturated/α-hetero) is 4. The van der Waals surface area contributed by atoms with Gasteiger partial charge in [-0.25, -0.2) is 0 Å². The third-order valence-corrected chi connectivity index (χ3v) is 8.25. The first-order chi connectivity index (χ1) is 17.4. The van der Waals surface area contributed by atoms with Gasteiger partial charge in [-0.15, -0.1) is 0 Å². The fourth-order valence-corrected chi connectivity index (χ4v) is 6.12. The van der Waals surface area contributed by atoms with Crippen LogP contribution in [0, 0.1) is 23.7 Å². The summed E-state index contributed by atoms with van der Waals surface area (Å²) in [7, 11) is 0. The van der Waals surface area contributed by atoms with Crippen LogP contribution in [0.4, 0.5) is 0 Å². The van der Waals surface area contributed by atoms with Crippen molar-refractivity contribution in [2.24, 2.45) is 29.4 Å². The minimum atomic E-state index is -3.00. The molecule has 37 heavy (non-hydrogen) atoms. The molecule has 2 unspecified atom stereocenters. The van der Waals surface area contributed by atoms with Crippen LogP contribution in [0.15, 0.2) is 36.4 Å². The van der Waals surface area contributed by atoms with Gasteiger partial charge in [0.05, 0.1) is 27.6 Å². The second-order valence-electron chi connectivity index (χ2n) is 9.44. The summed E-state index contributed by atoms with van der Waals surface area (Å²) in [5, 5.41) is 33.9. The van der Waals surface area contributed by atoms with Crippen LogP contribution in [0.2, 0.25) is 10.0 Å². The average molecular weight is 544 g/mol. The Labute approximate surface area is 219 Å². The van der Waals surface area contributed by atoms with Crippen molar-refractivity contribution >= 4 is 63.9 Å². The van der Waals surface area contributed by atoms with E-state index in [2.05, 4.69) is 0 Å². The predicted molar refractivity (Wildman–Crippen MR) is 131 cm³/mol. The molecule has 2 saturated carbocycles. The lowest BCUT2D eigenvalue weighted by Gasteiger charge is -2.51. The maximum Gasteiger partial charge on any atom is 0.235 e. The zero-order valence-corrected chi connectivity index (χ0v) is 20.4. The highest BCUT2D eigenvalue weighted by Gasteiger charge is 2.69. The lowest BCUT2D eigenvalue weighted by Crippen LogP contribution is -2.72. The quantitative estimate of drug-likeness (QED) is 0.413. The molecule has 1 amide bonds. The number of primary amides is 1. The number of phenolic OH excluding ortho intramolecular Hbond substituents is 1. The number of carbonyl (C=O) groups is 5. The number of halogens is 2. The van der Waals surface area contributed by atoms with E-state index in [1.54, 1.807) is 12.1 Å². The van der Waals surface area contributed by atoms with E-state index in [4.69, 9.17) is 28.9 Å². The summed E-state index contributed by atoms with van der Waals surface area (Å²) in [6, 6.07) is 8.88. The molecule has 0 spiro atoms. The van der Waals surface area contributed by atoms with Crippen molar-refractivity contribution in [3.8, 4) is 5.75 Å². The number of aliphatic hydroxyl groups is 2. The van der Waals surface area contributed by atoms with Gasteiger partial charge in [0.15, 0.2) is 34.7 Å². The first kappa shape index (κ1) is 25.3. The number of hydrogen-bond acceptors (Lipinski definition) is 8. The van der Waals surface area contributed by atoms with Crippen LogP contribution in [-0.2, 0) is 19.2 Å². The van der Waals surface area contributed by atoms with Crippen LogP contribution in [0.1, 0.15) is 27.9 Å². The molecule has 0 saturated heterocycles. The van der Waals surface area contributed by atoms with E-state index in [9.17, 15) is 39.3 Å². The molecule has 0 radical (unpaired) electrons. The fraction of sp³-hybridized carbons (Fsp3) is 0.269. The van der Waals surface area contributed by atoms with E-state index in [-0.39, 0.29) is 26.7 Å². The second kappa shape index (κ2) is 8.59. The van der Waals surface area contributed by atoms with Crippen LogP contribution in [0.3, 0.4) is 0 Å². The van der Waals surface area contributed by atoms with Gasteiger partial charge in [0.1, 0.15) is 5.75 Å². The van der Waals surface area contributed by atoms with E-state index in [0.29, 0.717) is 5.56 Å². The van der Waals surface area contributed by atoms with Gasteiger partial charge >= 0.3 is 0 Å². The molecule has 5 rings (SSSR count). The minimum Gasteiger partial charge on any atom is -0.507 e. The highest BCUT2D eigenvalue weighted by Crippen LogP contribution is 2.54. The highest BCUT2D eigenvalue weighted by atomic mass is 35.5. The topological polar surface area (TPSA) is 172 Å². The molecule has 3 aliphatic rings. The molecule has 0 aliphatic heterocycles. The smallest absolute Gasteiger partial charge is 0.235 e. The van der Waals surface area contributed by atoms with Crippen LogP contribution >= 0.6 is 23.2 Å². The monoisotopic (exact) mass is 543 g/mol. The van der Waals surface area contributed by atoms with Crippen molar-refractivity contribution in [3.05, 3.63) is 63.1 Å². The summed E-state index contributed by atoms with van der Waals surface area (Å²) < 4.78 is 0. The molecule has 2 aromatic rings. The predicted octanol–water partition coefficient (Wildman–Crippen LogP) is 1.60. The van der Waals surface area contributed by atoms with E-state index >= 15 is 0 Å². The van der Waals surface area contributed by atoms with Gasteiger partial charge in [-0.2, -0.15) is 0 Å². The average Bonchev–Trinajstić information content (AvgIpc) is 2.83. The Morgan fingerprint density at radius 2 is 1.76 bits per heavy atom. The summed E-state index contributed by atoms with van der Waals surface area (Å²) in [4.78, 5) is 64.9. The molecule has 0 aromatic heterocycles. The highest BCUT2D eigenvalue weighted by molar-refractivity contribution is 6.42. The standard InChI is InChI=1S/C26H19Cl2NO8/c27-13-5-4-9(7-14(13)28)6-11-10-2-1-3-15(30)17(10)22(33)20-18(11)21(32)12-8-16(31)19(25(29)36)23(34)26(12,37)24(20)35/h1-7,12,18-21,30,32,37H,8H2,(H2,29,36)/t12-,18-,19?,20?,21-,26-/m1/s1. The minimum absolute atomic E-state index is 0.214.